The Labute approximate surface area is 205 Å². The lowest BCUT2D eigenvalue weighted by Crippen LogP contribution is -2.48. The van der Waals surface area contributed by atoms with Crippen LogP contribution in [0.2, 0.25) is 0 Å². The van der Waals surface area contributed by atoms with Crippen LogP contribution >= 0.6 is 0 Å². The third kappa shape index (κ3) is 6.19. The van der Waals surface area contributed by atoms with Crippen molar-refractivity contribution >= 4 is 18.0 Å². The summed E-state index contributed by atoms with van der Waals surface area (Å²) in [5.41, 5.74) is 4.76. The number of carboxylic acid groups (broad SMARTS) is 1. The number of aliphatic carboxylic acids is 1. The average molecular weight is 480 g/mol. The van der Waals surface area contributed by atoms with Crippen molar-refractivity contribution in [2.75, 3.05) is 26.2 Å². The number of rotatable bonds is 9. The van der Waals surface area contributed by atoms with Gasteiger partial charge in [0.1, 0.15) is 6.61 Å². The van der Waals surface area contributed by atoms with E-state index in [1.807, 2.05) is 36.1 Å². The van der Waals surface area contributed by atoms with Gasteiger partial charge in [-0.3, -0.25) is 14.5 Å². The number of fused-ring (bicyclic) bond motifs is 3. The third-order valence-electron chi connectivity index (χ3n) is 6.90. The molecule has 2 aliphatic rings. The van der Waals surface area contributed by atoms with E-state index in [1.54, 1.807) is 0 Å². The van der Waals surface area contributed by atoms with Crippen LogP contribution in [0.5, 0.6) is 0 Å². The second kappa shape index (κ2) is 11.4. The molecule has 1 atom stereocenters. The van der Waals surface area contributed by atoms with Crippen molar-refractivity contribution in [1.29, 1.82) is 0 Å². The molecule has 186 valence electrons. The van der Waals surface area contributed by atoms with Gasteiger partial charge in [-0.2, -0.15) is 0 Å². The van der Waals surface area contributed by atoms with Gasteiger partial charge in [-0.15, -0.1) is 0 Å². The molecule has 2 amide bonds. The summed E-state index contributed by atoms with van der Waals surface area (Å²) in [5.74, 6) is -1.06. The van der Waals surface area contributed by atoms with Crippen molar-refractivity contribution < 1.29 is 24.2 Å². The maximum atomic E-state index is 12.5. The first-order valence-corrected chi connectivity index (χ1v) is 12.3. The van der Waals surface area contributed by atoms with Crippen LogP contribution in [-0.2, 0) is 14.3 Å². The number of alkyl carbamates (subject to hydrolysis) is 1. The molecule has 0 saturated carbocycles. The van der Waals surface area contributed by atoms with Gasteiger partial charge in [-0.05, 0) is 41.5 Å². The number of benzene rings is 2. The van der Waals surface area contributed by atoms with E-state index in [1.165, 1.54) is 22.3 Å². The van der Waals surface area contributed by atoms with Crippen LogP contribution in [0.25, 0.3) is 11.1 Å². The molecule has 1 aliphatic carbocycles. The summed E-state index contributed by atoms with van der Waals surface area (Å²) in [6, 6.07) is 16.1. The van der Waals surface area contributed by atoms with Crippen LogP contribution in [0.15, 0.2) is 48.5 Å². The number of ether oxygens (including phenoxy) is 1. The number of carboxylic acids is 1. The standard InChI is InChI=1S/C27H33N3O5/c1-2-18(15-26(32)33)28-25(31)16-30-13-11-19(12-14-30)29-27(34)35-17-24-22-9-5-3-7-20(22)21-8-4-6-10-23(21)24/h3-10,18-19,24H,2,11-17H2,1H3,(H,28,31)(H,29,34)(H,32,33)/t18-/m0/s1. The van der Waals surface area contributed by atoms with Crippen molar-refractivity contribution in [2.24, 2.45) is 0 Å². The minimum atomic E-state index is -0.919. The number of likely N-dealkylation sites (tertiary alicyclic amines) is 1. The molecule has 2 aromatic rings. The van der Waals surface area contributed by atoms with Gasteiger partial charge >= 0.3 is 12.1 Å². The van der Waals surface area contributed by atoms with Crippen molar-refractivity contribution in [1.82, 2.24) is 15.5 Å². The van der Waals surface area contributed by atoms with Gasteiger partial charge in [0.2, 0.25) is 5.91 Å². The van der Waals surface area contributed by atoms with E-state index in [9.17, 15) is 14.4 Å². The lowest BCUT2D eigenvalue weighted by molar-refractivity contribution is -0.137. The second-order valence-corrected chi connectivity index (χ2v) is 9.29. The average Bonchev–Trinajstić information content (AvgIpc) is 3.17. The lowest BCUT2D eigenvalue weighted by Gasteiger charge is -2.32. The Hall–Kier alpha value is -3.39. The summed E-state index contributed by atoms with van der Waals surface area (Å²) in [7, 11) is 0. The van der Waals surface area contributed by atoms with E-state index in [-0.39, 0.29) is 43.5 Å². The van der Waals surface area contributed by atoms with E-state index in [0.29, 0.717) is 19.5 Å². The topological polar surface area (TPSA) is 108 Å². The van der Waals surface area contributed by atoms with Gasteiger partial charge < -0.3 is 20.5 Å². The molecule has 3 N–H and O–H groups in total. The van der Waals surface area contributed by atoms with Gasteiger partial charge in [0.25, 0.3) is 0 Å². The Morgan fingerprint density at radius 2 is 1.63 bits per heavy atom. The first-order valence-electron chi connectivity index (χ1n) is 12.3. The number of amides is 2. The van der Waals surface area contributed by atoms with Crippen LogP contribution in [-0.4, -0.2) is 66.3 Å². The zero-order valence-electron chi connectivity index (χ0n) is 20.0. The van der Waals surface area contributed by atoms with Crippen LogP contribution in [0.1, 0.15) is 49.7 Å². The highest BCUT2D eigenvalue weighted by Gasteiger charge is 2.29. The fourth-order valence-corrected chi connectivity index (χ4v) is 5.03. The van der Waals surface area contributed by atoms with Gasteiger partial charge in [-0.25, -0.2) is 4.79 Å². The van der Waals surface area contributed by atoms with Crippen molar-refractivity contribution in [3.8, 4) is 11.1 Å². The Balaban J connectivity index is 1.21. The van der Waals surface area contributed by atoms with Gasteiger partial charge in [0.15, 0.2) is 0 Å². The first-order chi connectivity index (χ1) is 16.9. The second-order valence-electron chi connectivity index (χ2n) is 9.29. The summed E-state index contributed by atoms with van der Waals surface area (Å²) >= 11 is 0. The highest BCUT2D eigenvalue weighted by atomic mass is 16.5. The molecule has 1 saturated heterocycles. The minimum Gasteiger partial charge on any atom is -0.481 e. The molecule has 1 fully saturated rings. The summed E-state index contributed by atoms with van der Waals surface area (Å²) in [6.45, 7) is 3.73. The Kier molecular flexibility index (Phi) is 8.02. The van der Waals surface area contributed by atoms with E-state index in [0.717, 1.165) is 12.8 Å². The van der Waals surface area contributed by atoms with Crippen LogP contribution in [0.4, 0.5) is 4.79 Å². The highest BCUT2D eigenvalue weighted by molar-refractivity contribution is 5.80. The summed E-state index contributed by atoms with van der Waals surface area (Å²) in [5, 5.41) is 14.7. The molecule has 0 aromatic heterocycles. The van der Waals surface area contributed by atoms with Crippen molar-refractivity contribution in [3.63, 3.8) is 0 Å². The number of hydrogen-bond acceptors (Lipinski definition) is 5. The third-order valence-corrected chi connectivity index (χ3v) is 6.90. The molecule has 1 aliphatic heterocycles. The molecule has 0 spiro atoms. The van der Waals surface area contributed by atoms with Crippen LogP contribution < -0.4 is 10.6 Å². The Morgan fingerprint density at radius 3 is 2.20 bits per heavy atom. The Bertz CT molecular complexity index is 1020. The number of nitrogens with zero attached hydrogens (tertiary/aromatic N) is 1. The Morgan fingerprint density at radius 1 is 1.03 bits per heavy atom. The molecule has 0 radical (unpaired) electrons. The molecule has 35 heavy (non-hydrogen) atoms. The molecule has 0 unspecified atom stereocenters. The predicted molar refractivity (Wildman–Crippen MR) is 132 cm³/mol. The minimum absolute atomic E-state index is 0.000336. The molecular weight excluding hydrogens is 446 g/mol. The monoisotopic (exact) mass is 479 g/mol. The maximum Gasteiger partial charge on any atom is 0.407 e. The number of carbonyl (C=O) groups excluding carboxylic acids is 2. The van der Waals surface area contributed by atoms with Crippen molar-refractivity contribution in [2.45, 2.75) is 50.6 Å². The normalized spacial score (nSPS) is 16.7. The number of carbonyl (C=O) groups is 3. The van der Waals surface area contributed by atoms with E-state index in [2.05, 4.69) is 34.9 Å². The summed E-state index contributed by atoms with van der Waals surface area (Å²) in [4.78, 5) is 37.7. The zero-order chi connectivity index (χ0) is 24.8. The van der Waals surface area contributed by atoms with E-state index >= 15 is 0 Å². The highest BCUT2D eigenvalue weighted by Crippen LogP contribution is 2.44. The zero-order valence-corrected chi connectivity index (χ0v) is 20.0. The van der Waals surface area contributed by atoms with Gasteiger partial charge in [-0.1, -0.05) is 55.5 Å². The molecular formula is C27H33N3O5. The fraction of sp³-hybridized carbons (Fsp3) is 0.444. The quantitative estimate of drug-likeness (QED) is 0.509. The van der Waals surface area contributed by atoms with Crippen LogP contribution in [0, 0.1) is 0 Å². The molecule has 4 rings (SSSR count). The molecule has 1 heterocycles. The SMILES string of the molecule is CC[C@@H](CC(=O)O)NC(=O)CN1CCC(NC(=O)OCC2c3ccccc3-c3ccccc32)CC1. The number of hydrogen-bond donors (Lipinski definition) is 3. The predicted octanol–water partition coefficient (Wildman–Crippen LogP) is 3.36. The number of nitrogens with one attached hydrogen (secondary N) is 2. The molecule has 0 bridgehead atoms. The fourth-order valence-electron chi connectivity index (χ4n) is 5.03. The van der Waals surface area contributed by atoms with E-state index < -0.39 is 12.1 Å². The van der Waals surface area contributed by atoms with Crippen LogP contribution in [0.3, 0.4) is 0 Å². The summed E-state index contributed by atoms with van der Waals surface area (Å²) < 4.78 is 5.65. The van der Waals surface area contributed by atoms with E-state index in [4.69, 9.17) is 9.84 Å². The maximum absolute atomic E-state index is 12.5. The number of piperidine rings is 1. The molecule has 8 nitrogen and oxygen atoms in total. The van der Waals surface area contributed by atoms with Crippen molar-refractivity contribution in [3.05, 3.63) is 59.7 Å². The summed E-state index contributed by atoms with van der Waals surface area (Å²) in [6.07, 6.45) is 1.54. The first kappa shape index (κ1) is 24.7. The largest absolute Gasteiger partial charge is 0.481 e. The molecule has 2 aromatic carbocycles. The smallest absolute Gasteiger partial charge is 0.407 e. The van der Waals surface area contributed by atoms with Gasteiger partial charge in [0.05, 0.1) is 13.0 Å². The molecule has 8 heteroatoms. The lowest BCUT2D eigenvalue weighted by atomic mass is 9.98. The van der Waals surface area contributed by atoms with Gasteiger partial charge in [0, 0.05) is 31.1 Å².